The SMILES string of the molecule is Cc1ccc(F)c(OCc2cc(F)ccc2F)c1. The van der Waals surface area contributed by atoms with Crippen LogP contribution in [0.5, 0.6) is 5.75 Å². The van der Waals surface area contributed by atoms with Crippen LogP contribution in [0.2, 0.25) is 0 Å². The van der Waals surface area contributed by atoms with Crippen molar-refractivity contribution in [3.05, 3.63) is 65.0 Å². The third kappa shape index (κ3) is 2.83. The molecule has 0 saturated heterocycles. The van der Waals surface area contributed by atoms with Gasteiger partial charge in [0.05, 0.1) is 0 Å². The Morgan fingerprint density at radius 3 is 2.44 bits per heavy atom. The molecule has 0 saturated carbocycles. The average Bonchev–Trinajstić information content (AvgIpc) is 2.34. The summed E-state index contributed by atoms with van der Waals surface area (Å²) in [6, 6.07) is 7.44. The second-order valence-electron chi connectivity index (χ2n) is 3.96. The second kappa shape index (κ2) is 5.12. The van der Waals surface area contributed by atoms with Gasteiger partial charge in [-0.15, -0.1) is 0 Å². The molecule has 2 rings (SSSR count). The summed E-state index contributed by atoms with van der Waals surface area (Å²) >= 11 is 0. The zero-order valence-electron chi connectivity index (χ0n) is 9.71. The van der Waals surface area contributed by atoms with Gasteiger partial charge < -0.3 is 4.74 Å². The molecular weight excluding hydrogens is 241 g/mol. The topological polar surface area (TPSA) is 9.23 Å². The van der Waals surface area contributed by atoms with Gasteiger partial charge in [-0.05, 0) is 42.8 Å². The number of hydrogen-bond donors (Lipinski definition) is 0. The quantitative estimate of drug-likeness (QED) is 0.802. The maximum atomic E-state index is 13.4. The Morgan fingerprint density at radius 1 is 0.944 bits per heavy atom. The van der Waals surface area contributed by atoms with E-state index >= 15 is 0 Å². The minimum absolute atomic E-state index is 0.0265. The van der Waals surface area contributed by atoms with Gasteiger partial charge in [0.25, 0.3) is 0 Å². The first-order chi connectivity index (χ1) is 8.56. The fourth-order valence-electron chi connectivity index (χ4n) is 1.53. The van der Waals surface area contributed by atoms with Gasteiger partial charge in [-0.3, -0.25) is 0 Å². The predicted octanol–water partition coefficient (Wildman–Crippen LogP) is 3.99. The second-order valence-corrected chi connectivity index (χ2v) is 3.96. The van der Waals surface area contributed by atoms with Crippen molar-refractivity contribution in [3.8, 4) is 5.75 Å². The van der Waals surface area contributed by atoms with Crippen LogP contribution in [0.1, 0.15) is 11.1 Å². The summed E-state index contributed by atoms with van der Waals surface area (Å²) in [5.74, 6) is -1.64. The normalized spacial score (nSPS) is 10.4. The Hall–Kier alpha value is -1.97. The first-order valence-electron chi connectivity index (χ1n) is 5.39. The predicted molar refractivity (Wildman–Crippen MR) is 61.8 cm³/mol. The van der Waals surface area contributed by atoms with Crippen molar-refractivity contribution in [1.82, 2.24) is 0 Å². The van der Waals surface area contributed by atoms with Gasteiger partial charge in [0.2, 0.25) is 0 Å². The number of halogens is 3. The van der Waals surface area contributed by atoms with Gasteiger partial charge in [-0.2, -0.15) is 0 Å². The Morgan fingerprint density at radius 2 is 1.67 bits per heavy atom. The molecule has 0 unspecified atom stereocenters. The third-order valence-corrected chi connectivity index (χ3v) is 2.48. The van der Waals surface area contributed by atoms with E-state index in [0.717, 1.165) is 23.8 Å². The molecule has 0 aliphatic heterocycles. The van der Waals surface area contributed by atoms with Crippen LogP contribution in [0.15, 0.2) is 36.4 Å². The van der Waals surface area contributed by atoms with Crippen molar-refractivity contribution in [2.45, 2.75) is 13.5 Å². The molecule has 0 radical (unpaired) electrons. The Bertz CT molecular complexity index is 515. The average molecular weight is 252 g/mol. The summed E-state index contributed by atoms with van der Waals surface area (Å²) < 4.78 is 44.7. The Labute approximate surface area is 103 Å². The maximum absolute atomic E-state index is 13.4. The fourth-order valence-corrected chi connectivity index (χ4v) is 1.53. The first kappa shape index (κ1) is 12.5. The lowest BCUT2D eigenvalue weighted by Crippen LogP contribution is -2.01. The molecule has 0 atom stereocenters. The van der Waals surface area contributed by atoms with Crippen molar-refractivity contribution in [2.24, 2.45) is 0 Å². The molecule has 0 aromatic heterocycles. The van der Waals surface area contributed by atoms with E-state index in [0.29, 0.717) is 0 Å². The lowest BCUT2D eigenvalue weighted by molar-refractivity contribution is 0.284. The van der Waals surface area contributed by atoms with Crippen LogP contribution in [0.4, 0.5) is 13.2 Å². The maximum Gasteiger partial charge on any atom is 0.165 e. The van der Waals surface area contributed by atoms with Crippen LogP contribution in [0.3, 0.4) is 0 Å². The molecule has 2 aromatic rings. The molecular formula is C14H11F3O. The highest BCUT2D eigenvalue weighted by Gasteiger charge is 2.07. The van der Waals surface area contributed by atoms with Crippen molar-refractivity contribution < 1.29 is 17.9 Å². The van der Waals surface area contributed by atoms with Crippen LogP contribution < -0.4 is 4.74 Å². The van der Waals surface area contributed by atoms with Crippen LogP contribution in [0, 0.1) is 24.4 Å². The van der Waals surface area contributed by atoms with Crippen molar-refractivity contribution >= 4 is 0 Å². The molecule has 94 valence electrons. The van der Waals surface area contributed by atoms with Gasteiger partial charge in [0, 0.05) is 5.56 Å². The number of hydrogen-bond acceptors (Lipinski definition) is 1. The molecule has 0 bridgehead atoms. The lowest BCUT2D eigenvalue weighted by atomic mass is 10.2. The summed E-state index contributed by atoms with van der Waals surface area (Å²) in [6.45, 7) is 1.57. The monoisotopic (exact) mass is 252 g/mol. The van der Waals surface area contributed by atoms with E-state index < -0.39 is 17.5 Å². The molecule has 0 aliphatic rings. The Balaban J connectivity index is 2.16. The van der Waals surface area contributed by atoms with Crippen LogP contribution in [-0.4, -0.2) is 0 Å². The van der Waals surface area contributed by atoms with E-state index in [9.17, 15) is 13.2 Å². The van der Waals surface area contributed by atoms with Gasteiger partial charge in [0.1, 0.15) is 18.2 Å². The molecule has 0 spiro atoms. The van der Waals surface area contributed by atoms with E-state index in [1.807, 2.05) is 0 Å². The van der Waals surface area contributed by atoms with E-state index in [2.05, 4.69) is 0 Å². The van der Waals surface area contributed by atoms with Crippen molar-refractivity contribution in [3.63, 3.8) is 0 Å². The lowest BCUT2D eigenvalue weighted by Gasteiger charge is -2.09. The molecule has 0 heterocycles. The highest BCUT2D eigenvalue weighted by molar-refractivity contribution is 5.30. The Kier molecular flexibility index (Phi) is 3.55. The van der Waals surface area contributed by atoms with Gasteiger partial charge >= 0.3 is 0 Å². The van der Waals surface area contributed by atoms with Crippen molar-refractivity contribution in [2.75, 3.05) is 0 Å². The smallest absolute Gasteiger partial charge is 0.165 e. The number of aryl methyl sites for hydroxylation is 1. The zero-order chi connectivity index (χ0) is 13.1. The van der Waals surface area contributed by atoms with Gasteiger partial charge in [0.15, 0.2) is 11.6 Å². The molecule has 4 heteroatoms. The van der Waals surface area contributed by atoms with E-state index in [4.69, 9.17) is 4.74 Å². The first-order valence-corrected chi connectivity index (χ1v) is 5.39. The highest BCUT2D eigenvalue weighted by atomic mass is 19.1. The van der Waals surface area contributed by atoms with Crippen LogP contribution in [0.25, 0.3) is 0 Å². The molecule has 0 fully saturated rings. The van der Waals surface area contributed by atoms with Crippen molar-refractivity contribution in [1.29, 1.82) is 0 Å². The molecule has 1 nitrogen and oxygen atoms in total. The van der Waals surface area contributed by atoms with E-state index in [1.165, 1.54) is 12.1 Å². The number of benzene rings is 2. The summed E-state index contributed by atoms with van der Waals surface area (Å²) in [6.07, 6.45) is 0. The largest absolute Gasteiger partial charge is 0.486 e. The summed E-state index contributed by atoms with van der Waals surface area (Å²) in [5.41, 5.74) is 0.877. The molecule has 0 N–H and O–H groups in total. The van der Waals surface area contributed by atoms with E-state index in [1.54, 1.807) is 13.0 Å². The minimum Gasteiger partial charge on any atom is -0.486 e. The van der Waals surface area contributed by atoms with E-state index in [-0.39, 0.29) is 17.9 Å². The summed E-state index contributed by atoms with van der Waals surface area (Å²) in [5, 5.41) is 0. The molecule has 18 heavy (non-hydrogen) atoms. The standard InChI is InChI=1S/C14H11F3O/c1-9-2-4-13(17)14(6-9)18-8-10-7-11(15)3-5-12(10)16/h2-7H,8H2,1H3. The van der Waals surface area contributed by atoms with Gasteiger partial charge in [-0.1, -0.05) is 6.07 Å². The van der Waals surface area contributed by atoms with Gasteiger partial charge in [-0.25, -0.2) is 13.2 Å². The fraction of sp³-hybridized carbons (Fsp3) is 0.143. The number of rotatable bonds is 3. The summed E-state index contributed by atoms with van der Waals surface area (Å²) in [4.78, 5) is 0. The van der Waals surface area contributed by atoms with Crippen LogP contribution in [-0.2, 0) is 6.61 Å². The number of ether oxygens (including phenoxy) is 1. The molecule has 0 amide bonds. The molecule has 2 aromatic carbocycles. The molecule has 0 aliphatic carbocycles. The minimum atomic E-state index is -0.579. The highest BCUT2D eigenvalue weighted by Crippen LogP contribution is 2.20. The third-order valence-electron chi connectivity index (χ3n) is 2.48. The zero-order valence-corrected chi connectivity index (χ0v) is 9.71. The summed E-state index contributed by atoms with van der Waals surface area (Å²) in [7, 11) is 0. The van der Waals surface area contributed by atoms with Crippen LogP contribution >= 0.6 is 0 Å².